The van der Waals surface area contributed by atoms with Gasteiger partial charge in [-0.15, -0.1) is 0 Å². The van der Waals surface area contributed by atoms with E-state index in [1.807, 2.05) is 0 Å². The Bertz CT molecular complexity index is 241. The standard InChI is InChI=1S/C16H31NO2/c1-3-9-17-16(15-12-18-10-11-19-15)14-8-6-5-7-13(14)4-2/h13-17H,3-12H2,1-2H3. The molecule has 1 aliphatic heterocycles. The molecule has 1 aliphatic carbocycles. The van der Waals surface area contributed by atoms with Gasteiger partial charge in [0.15, 0.2) is 0 Å². The fourth-order valence-corrected chi connectivity index (χ4v) is 3.80. The van der Waals surface area contributed by atoms with E-state index in [2.05, 4.69) is 19.2 Å². The summed E-state index contributed by atoms with van der Waals surface area (Å²) in [5.74, 6) is 1.64. The fourth-order valence-electron chi connectivity index (χ4n) is 3.80. The normalized spacial score (nSPS) is 34.1. The average molecular weight is 269 g/mol. The lowest BCUT2D eigenvalue weighted by atomic mass is 9.72. The summed E-state index contributed by atoms with van der Waals surface area (Å²) in [5.41, 5.74) is 0. The molecule has 1 saturated carbocycles. The van der Waals surface area contributed by atoms with Crippen molar-refractivity contribution in [1.82, 2.24) is 5.32 Å². The topological polar surface area (TPSA) is 30.5 Å². The van der Waals surface area contributed by atoms with Gasteiger partial charge in [-0.1, -0.05) is 39.5 Å². The summed E-state index contributed by atoms with van der Waals surface area (Å²) in [6.45, 7) is 7.97. The molecule has 0 spiro atoms. The van der Waals surface area contributed by atoms with Crippen molar-refractivity contribution in [3.8, 4) is 0 Å². The van der Waals surface area contributed by atoms with Gasteiger partial charge in [0, 0.05) is 6.04 Å². The van der Waals surface area contributed by atoms with Gasteiger partial charge in [-0.05, 0) is 31.2 Å². The molecule has 0 radical (unpaired) electrons. The second-order valence-electron chi connectivity index (χ2n) is 6.08. The summed E-state index contributed by atoms with van der Waals surface area (Å²) in [6, 6.07) is 0.491. The first-order valence-electron chi connectivity index (χ1n) is 8.29. The Hall–Kier alpha value is -0.120. The monoisotopic (exact) mass is 269 g/mol. The van der Waals surface area contributed by atoms with E-state index in [4.69, 9.17) is 9.47 Å². The van der Waals surface area contributed by atoms with Crippen LogP contribution in [0.3, 0.4) is 0 Å². The van der Waals surface area contributed by atoms with Gasteiger partial charge in [0.2, 0.25) is 0 Å². The van der Waals surface area contributed by atoms with Crippen LogP contribution in [0.25, 0.3) is 0 Å². The van der Waals surface area contributed by atoms with Crippen LogP contribution in [0.5, 0.6) is 0 Å². The Morgan fingerprint density at radius 3 is 2.68 bits per heavy atom. The van der Waals surface area contributed by atoms with E-state index in [9.17, 15) is 0 Å². The van der Waals surface area contributed by atoms with Gasteiger partial charge >= 0.3 is 0 Å². The van der Waals surface area contributed by atoms with Gasteiger partial charge in [-0.2, -0.15) is 0 Å². The smallest absolute Gasteiger partial charge is 0.0964 e. The zero-order valence-electron chi connectivity index (χ0n) is 12.7. The van der Waals surface area contributed by atoms with Crippen molar-refractivity contribution in [2.75, 3.05) is 26.4 Å². The van der Waals surface area contributed by atoms with Crippen LogP contribution in [0.15, 0.2) is 0 Å². The van der Waals surface area contributed by atoms with Gasteiger partial charge in [-0.25, -0.2) is 0 Å². The number of hydrogen-bond acceptors (Lipinski definition) is 3. The van der Waals surface area contributed by atoms with Gasteiger partial charge in [0.05, 0.1) is 25.9 Å². The van der Waals surface area contributed by atoms with E-state index in [1.165, 1.54) is 38.5 Å². The lowest BCUT2D eigenvalue weighted by Crippen LogP contribution is -2.53. The number of ether oxygens (including phenoxy) is 2. The van der Waals surface area contributed by atoms with Crippen LogP contribution in [0.1, 0.15) is 52.4 Å². The third kappa shape index (κ3) is 4.17. The van der Waals surface area contributed by atoms with Crippen LogP contribution in [0.4, 0.5) is 0 Å². The third-order valence-corrected chi connectivity index (χ3v) is 4.83. The molecule has 4 atom stereocenters. The summed E-state index contributed by atoms with van der Waals surface area (Å²) in [5, 5.41) is 3.77. The van der Waals surface area contributed by atoms with Gasteiger partial charge in [0.25, 0.3) is 0 Å². The summed E-state index contributed by atoms with van der Waals surface area (Å²) < 4.78 is 11.6. The minimum Gasteiger partial charge on any atom is -0.376 e. The molecule has 19 heavy (non-hydrogen) atoms. The second-order valence-corrected chi connectivity index (χ2v) is 6.08. The molecule has 1 heterocycles. The highest BCUT2D eigenvalue weighted by Crippen LogP contribution is 2.36. The Kier molecular flexibility index (Phi) is 6.62. The molecule has 1 N–H and O–H groups in total. The van der Waals surface area contributed by atoms with Crippen molar-refractivity contribution in [3.05, 3.63) is 0 Å². The van der Waals surface area contributed by atoms with Crippen molar-refractivity contribution in [3.63, 3.8) is 0 Å². The summed E-state index contributed by atoms with van der Waals surface area (Å²) in [6.07, 6.45) is 8.32. The molecule has 3 heteroatoms. The zero-order chi connectivity index (χ0) is 13.5. The highest BCUT2D eigenvalue weighted by atomic mass is 16.6. The van der Waals surface area contributed by atoms with Crippen LogP contribution in [-0.4, -0.2) is 38.5 Å². The molecule has 3 nitrogen and oxygen atoms in total. The van der Waals surface area contributed by atoms with E-state index < -0.39 is 0 Å². The maximum Gasteiger partial charge on any atom is 0.0964 e. The highest BCUT2D eigenvalue weighted by Gasteiger charge is 2.36. The predicted molar refractivity (Wildman–Crippen MR) is 78.4 cm³/mol. The summed E-state index contributed by atoms with van der Waals surface area (Å²) in [4.78, 5) is 0. The Morgan fingerprint density at radius 2 is 2.00 bits per heavy atom. The summed E-state index contributed by atoms with van der Waals surface area (Å²) >= 11 is 0. The fraction of sp³-hybridized carbons (Fsp3) is 1.00. The van der Waals surface area contributed by atoms with Crippen molar-refractivity contribution in [2.45, 2.75) is 64.5 Å². The van der Waals surface area contributed by atoms with E-state index in [-0.39, 0.29) is 6.10 Å². The third-order valence-electron chi connectivity index (χ3n) is 4.83. The molecule has 0 aromatic carbocycles. The average Bonchev–Trinajstić information content (AvgIpc) is 2.49. The molecule has 0 aromatic heterocycles. The SMILES string of the molecule is CCCNC(C1COCCO1)C1CCCCC1CC. The largest absolute Gasteiger partial charge is 0.376 e. The lowest BCUT2D eigenvalue weighted by molar-refractivity contribution is -0.114. The molecular formula is C16H31NO2. The molecule has 0 bridgehead atoms. The number of hydrogen-bond donors (Lipinski definition) is 1. The molecule has 112 valence electrons. The maximum atomic E-state index is 6.00. The Labute approximate surface area is 118 Å². The van der Waals surface area contributed by atoms with E-state index in [0.29, 0.717) is 6.04 Å². The van der Waals surface area contributed by atoms with Crippen LogP contribution in [0.2, 0.25) is 0 Å². The molecule has 2 aliphatic rings. The molecular weight excluding hydrogens is 238 g/mol. The van der Waals surface area contributed by atoms with Crippen LogP contribution < -0.4 is 5.32 Å². The van der Waals surface area contributed by atoms with E-state index in [0.717, 1.165) is 38.2 Å². The minimum atomic E-state index is 0.262. The second kappa shape index (κ2) is 8.23. The van der Waals surface area contributed by atoms with Crippen molar-refractivity contribution < 1.29 is 9.47 Å². The first-order valence-corrected chi connectivity index (χ1v) is 8.29. The van der Waals surface area contributed by atoms with Crippen LogP contribution >= 0.6 is 0 Å². The number of rotatable bonds is 6. The molecule has 4 unspecified atom stereocenters. The van der Waals surface area contributed by atoms with Crippen LogP contribution in [0, 0.1) is 11.8 Å². The Morgan fingerprint density at radius 1 is 1.16 bits per heavy atom. The van der Waals surface area contributed by atoms with Crippen LogP contribution in [-0.2, 0) is 9.47 Å². The first kappa shape index (κ1) is 15.3. The van der Waals surface area contributed by atoms with Gasteiger partial charge in [-0.3, -0.25) is 0 Å². The molecule has 2 rings (SSSR count). The van der Waals surface area contributed by atoms with E-state index in [1.54, 1.807) is 0 Å². The molecule has 2 fully saturated rings. The number of nitrogens with one attached hydrogen (secondary N) is 1. The van der Waals surface area contributed by atoms with E-state index >= 15 is 0 Å². The first-order chi connectivity index (χ1) is 9.36. The van der Waals surface area contributed by atoms with Gasteiger partial charge < -0.3 is 14.8 Å². The molecule has 0 aromatic rings. The quantitative estimate of drug-likeness (QED) is 0.804. The van der Waals surface area contributed by atoms with Crippen molar-refractivity contribution in [1.29, 1.82) is 0 Å². The Balaban J connectivity index is 2.01. The van der Waals surface area contributed by atoms with Crippen molar-refractivity contribution >= 4 is 0 Å². The highest BCUT2D eigenvalue weighted by molar-refractivity contribution is 4.90. The molecule has 0 amide bonds. The van der Waals surface area contributed by atoms with Crippen molar-refractivity contribution in [2.24, 2.45) is 11.8 Å². The predicted octanol–water partition coefficient (Wildman–Crippen LogP) is 2.99. The lowest BCUT2D eigenvalue weighted by Gasteiger charge is -2.42. The van der Waals surface area contributed by atoms with Gasteiger partial charge in [0.1, 0.15) is 0 Å². The summed E-state index contributed by atoms with van der Waals surface area (Å²) in [7, 11) is 0. The maximum absolute atomic E-state index is 6.00. The zero-order valence-corrected chi connectivity index (χ0v) is 12.7. The minimum absolute atomic E-state index is 0.262. The molecule has 1 saturated heterocycles.